The van der Waals surface area contributed by atoms with Crippen LogP contribution in [-0.2, 0) is 17.9 Å². The van der Waals surface area contributed by atoms with Gasteiger partial charge in [-0.15, -0.1) is 0 Å². The number of carbonyl (C=O) groups excluding carboxylic acids is 1. The van der Waals surface area contributed by atoms with Crippen molar-refractivity contribution < 1.29 is 4.79 Å². The van der Waals surface area contributed by atoms with E-state index in [-0.39, 0.29) is 12.5 Å². The van der Waals surface area contributed by atoms with Crippen molar-refractivity contribution in [3.63, 3.8) is 0 Å². The highest BCUT2D eigenvalue weighted by Crippen LogP contribution is 2.30. The number of aromatic nitrogens is 5. The predicted molar refractivity (Wildman–Crippen MR) is 146 cm³/mol. The van der Waals surface area contributed by atoms with E-state index in [2.05, 4.69) is 67.6 Å². The molecule has 2 aromatic carbocycles. The van der Waals surface area contributed by atoms with Crippen molar-refractivity contribution in [2.45, 2.75) is 40.8 Å². The number of fused-ring (bicyclic) bond motifs is 1. The molecule has 5 rings (SSSR count). The Labute approximate surface area is 218 Å². The van der Waals surface area contributed by atoms with Gasteiger partial charge in [-0.3, -0.25) is 9.48 Å². The molecule has 0 saturated heterocycles. The van der Waals surface area contributed by atoms with Crippen LogP contribution in [0.4, 0.5) is 5.69 Å². The second-order valence-electron chi connectivity index (χ2n) is 9.06. The second-order valence-corrected chi connectivity index (χ2v) is 9.85. The quantitative estimate of drug-likeness (QED) is 0.286. The number of anilines is 1. The average Bonchev–Trinajstić information content (AvgIpc) is 3.30. The fraction of sp³-hybridized carbons (Fsp3) is 0.214. The molecule has 1 amide bonds. The van der Waals surface area contributed by atoms with E-state index in [0.29, 0.717) is 12.2 Å². The van der Waals surface area contributed by atoms with Crippen LogP contribution in [0.1, 0.15) is 28.2 Å². The molecule has 0 atom stereocenters. The Morgan fingerprint density at radius 2 is 1.69 bits per heavy atom. The minimum atomic E-state index is -0.159. The molecular weight excluding hydrogens is 516 g/mol. The molecule has 0 aliphatic heterocycles. The van der Waals surface area contributed by atoms with Crippen molar-refractivity contribution in [1.82, 2.24) is 24.5 Å². The number of nitrogens with one attached hydrogen (secondary N) is 1. The third kappa shape index (κ3) is 4.68. The summed E-state index contributed by atoms with van der Waals surface area (Å²) in [7, 11) is 0. The maximum absolute atomic E-state index is 13.0. The van der Waals surface area contributed by atoms with Gasteiger partial charge in [-0.1, -0.05) is 42.0 Å². The maximum Gasteiger partial charge on any atom is 0.246 e. The molecule has 3 aromatic heterocycles. The topological polar surface area (TPSA) is 77.6 Å². The van der Waals surface area contributed by atoms with E-state index >= 15 is 0 Å². The third-order valence-electron chi connectivity index (χ3n) is 6.30. The summed E-state index contributed by atoms with van der Waals surface area (Å²) in [6, 6.07) is 18.2. The van der Waals surface area contributed by atoms with Crippen molar-refractivity contribution in [3.8, 4) is 11.1 Å². The number of nitrogens with zero attached hydrogens (tertiary/aromatic N) is 5. The van der Waals surface area contributed by atoms with Crippen LogP contribution >= 0.6 is 15.9 Å². The molecule has 3 heterocycles. The van der Waals surface area contributed by atoms with Crippen molar-refractivity contribution in [3.05, 3.63) is 93.5 Å². The summed E-state index contributed by atoms with van der Waals surface area (Å²) in [6.45, 7) is 8.73. The Morgan fingerprint density at radius 3 is 2.42 bits per heavy atom. The molecule has 0 aliphatic rings. The fourth-order valence-electron chi connectivity index (χ4n) is 4.45. The fourth-order valence-corrected chi connectivity index (χ4v) is 4.74. The average molecular weight is 543 g/mol. The Morgan fingerprint density at radius 1 is 0.944 bits per heavy atom. The molecule has 0 saturated carbocycles. The number of benzene rings is 2. The van der Waals surface area contributed by atoms with Gasteiger partial charge < -0.3 is 5.32 Å². The van der Waals surface area contributed by atoms with Crippen LogP contribution in [0, 0.1) is 27.7 Å². The van der Waals surface area contributed by atoms with Gasteiger partial charge in [0.05, 0.1) is 28.1 Å². The lowest BCUT2D eigenvalue weighted by Crippen LogP contribution is -2.20. The molecule has 36 heavy (non-hydrogen) atoms. The van der Waals surface area contributed by atoms with Gasteiger partial charge in [0.15, 0.2) is 5.65 Å². The lowest BCUT2D eigenvalue weighted by molar-refractivity contribution is -0.116. The Hall–Kier alpha value is -3.78. The lowest BCUT2D eigenvalue weighted by Gasteiger charge is -2.09. The minimum absolute atomic E-state index is 0.0727. The van der Waals surface area contributed by atoms with Crippen LogP contribution in [0.2, 0.25) is 0 Å². The Kier molecular flexibility index (Phi) is 6.45. The summed E-state index contributed by atoms with van der Waals surface area (Å²) in [4.78, 5) is 17.5. The summed E-state index contributed by atoms with van der Waals surface area (Å²) in [6.07, 6.45) is 1.77. The number of hydrogen-bond donors (Lipinski definition) is 1. The molecule has 0 unspecified atom stereocenters. The first-order chi connectivity index (χ1) is 17.3. The number of amides is 1. The third-order valence-corrected chi connectivity index (χ3v) is 7.45. The van der Waals surface area contributed by atoms with E-state index < -0.39 is 0 Å². The van der Waals surface area contributed by atoms with Crippen LogP contribution in [0.25, 0.3) is 22.2 Å². The van der Waals surface area contributed by atoms with Gasteiger partial charge in [-0.05, 0) is 78.5 Å². The van der Waals surface area contributed by atoms with E-state index in [9.17, 15) is 4.79 Å². The zero-order chi connectivity index (χ0) is 25.4. The van der Waals surface area contributed by atoms with Crippen molar-refractivity contribution in [2.24, 2.45) is 0 Å². The largest absolute Gasteiger partial charge is 0.324 e. The molecule has 0 aliphatic carbocycles. The first-order valence-corrected chi connectivity index (χ1v) is 12.6. The molecule has 0 spiro atoms. The van der Waals surface area contributed by atoms with Crippen molar-refractivity contribution in [2.75, 3.05) is 5.32 Å². The summed E-state index contributed by atoms with van der Waals surface area (Å²) < 4.78 is 4.65. The van der Waals surface area contributed by atoms with Gasteiger partial charge in [0.1, 0.15) is 6.54 Å². The highest BCUT2D eigenvalue weighted by atomic mass is 79.9. The van der Waals surface area contributed by atoms with E-state index in [1.165, 1.54) is 5.56 Å². The molecule has 182 valence electrons. The van der Waals surface area contributed by atoms with Gasteiger partial charge in [-0.25, -0.2) is 9.67 Å². The number of pyridine rings is 1. The molecule has 0 fully saturated rings. The minimum Gasteiger partial charge on any atom is -0.324 e. The molecular formula is C28H27BrN6O. The number of aryl methyl sites for hydroxylation is 3. The lowest BCUT2D eigenvalue weighted by atomic mass is 10.0. The van der Waals surface area contributed by atoms with Gasteiger partial charge in [0, 0.05) is 17.3 Å². The smallest absolute Gasteiger partial charge is 0.246 e. The molecule has 0 radical (unpaired) electrons. The summed E-state index contributed by atoms with van der Waals surface area (Å²) in [5.41, 5.74) is 8.73. The highest BCUT2D eigenvalue weighted by Gasteiger charge is 2.16. The number of hydrogen-bond acceptors (Lipinski definition) is 4. The molecule has 5 aromatic rings. The van der Waals surface area contributed by atoms with Gasteiger partial charge in [-0.2, -0.15) is 10.2 Å². The van der Waals surface area contributed by atoms with Gasteiger partial charge in [0.2, 0.25) is 5.91 Å². The zero-order valence-corrected chi connectivity index (χ0v) is 22.3. The maximum atomic E-state index is 13.0. The van der Waals surface area contributed by atoms with Crippen LogP contribution in [0.3, 0.4) is 0 Å². The highest BCUT2D eigenvalue weighted by molar-refractivity contribution is 9.10. The zero-order valence-electron chi connectivity index (χ0n) is 20.7. The van der Waals surface area contributed by atoms with E-state index in [1.54, 1.807) is 10.9 Å². The molecule has 7 nitrogen and oxygen atoms in total. The van der Waals surface area contributed by atoms with Crippen LogP contribution in [0.15, 0.2) is 65.3 Å². The van der Waals surface area contributed by atoms with Gasteiger partial charge >= 0.3 is 0 Å². The number of rotatable bonds is 6. The van der Waals surface area contributed by atoms with Crippen LogP contribution in [0.5, 0.6) is 0 Å². The van der Waals surface area contributed by atoms with E-state index in [0.717, 1.165) is 49.3 Å². The van der Waals surface area contributed by atoms with Gasteiger partial charge in [0.25, 0.3) is 0 Å². The SMILES string of the molecule is Cc1ccc(-c2ccnc3c2c(C)nn3CC(=O)Nc2cccc(Cn3nc(C)c(Br)c3C)c2)cc1. The second kappa shape index (κ2) is 9.70. The first-order valence-electron chi connectivity index (χ1n) is 11.8. The Balaban J connectivity index is 1.35. The van der Waals surface area contributed by atoms with Crippen molar-refractivity contribution >= 4 is 38.6 Å². The number of halogens is 1. The summed E-state index contributed by atoms with van der Waals surface area (Å²) in [5.74, 6) is -0.159. The van der Waals surface area contributed by atoms with Crippen molar-refractivity contribution in [1.29, 1.82) is 0 Å². The summed E-state index contributed by atoms with van der Waals surface area (Å²) in [5, 5.41) is 13.2. The molecule has 8 heteroatoms. The normalized spacial score (nSPS) is 11.2. The van der Waals surface area contributed by atoms with Crippen LogP contribution in [-0.4, -0.2) is 30.5 Å². The monoisotopic (exact) mass is 542 g/mol. The van der Waals surface area contributed by atoms with E-state index in [1.807, 2.05) is 55.8 Å². The Bertz CT molecular complexity index is 1580. The van der Waals surface area contributed by atoms with E-state index in [4.69, 9.17) is 0 Å². The number of carbonyl (C=O) groups is 1. The first kappa shape index (κ1) is 23.9. The molecule has 0 bridgehead atoms. The van der Waals surface area contributed by atoms with Crippen LogP contribution < -0.4 is 5.32 Å². The standard InChI is InChI=1S/C28H27BrN6O/c1-17-8-10-22(11-9-17)24-12-13-30-28-26(24)18(2)32-35(28)16-25(36)31-23-7-5-6-21(14-23)15-34-20(4)27(29)19(3)33-34/h5-14H,15-16H2,1-4H3,(H,31,36). The summed E-state index contributed by atoms with van der Waals surface area (Å²) >= 11 is 3.58. The predicted octanol–water partition coefficient (Wildman–Crippen LogP) is 5.98. The molecule has 1 N–H and O–H groups in total.